The largest absolute Gasteiger partial charge is 0.457 e. The van der Waals surface area contributed by atoms with E-state index in [9.17, 15) is 19.8 Å². The van der Waals surface area contributed by atoms with Gasteiger partial charge in [-0.15, -0.1) is 0 Å². The maximum Gasteiger partial charge on any atom is 0.355 e. The van der Waals surface area contributed by atoms with Gasteiger partial charge in [0.05, 0.1) is 17.8 Å². The lowest BCUT2D eigenvalue weighted by atomic mass is 9.47. The van der Waals surface area contributed by atoms with E-state index in [2.05, 4.69) is 18.5 Å². The van der Waals surface area contributed by atoms with Gasteiger partial charge in [-0.25, -0.2) is 9.59 Å². The zero-order valence-corrected chi connectivity index (χ0v) is 23.5. The molecule has 1 aromatic rings. The Kier molecular flexibility index (Phi) is 7.11. The first kappa shape index (κ1) is 28.1. The quantitative estimate of drug-likeness (QED) is 0.390. The van der Waals surface area contributed by atoms with Gasteiger partial charge in [0.1, 0.15) is 24.0 Å². The van der Waals surface area contributed by atoms with Gasteiger partial charge in [0.15, 0.2) is 6.10 Å². The van der Waals surface area contributed by atoms with Crippen LogP contribution in [0.4, 0.5) is 0 Å². The van der Waals surface area contributed by atoms with Crippen molar-refractivity contribution in [2.75, 3.05) is 7.11 Å². The molecule has 3 heterocycles. The Hall–Kier alpha value is -2.46. The van der Waals surface area contributed by atoms with Gasteiger partial charge in [-0.1, -0.05) is 39.0 Å². The fourth-order valence-electron chi connectivity index (χ4n) is 8.01. The van der Waals surface area contributed by atoms with Crippen molar-refractivity contribution in [3.8, 4) is 0 Å². The zero-order valence-electron chi connectivity index (χ0n) is 23.5. The van der Waals surface area contributed by atoms with Crippen LogP contribution in [0.5, 0.6) is 0 Å². The van der Waals surface area contributed by atoms with Gasteiger partial charge in [-0.2, -0.15) is 0 Å². The summed E-state index contributed by atoms with van der Waals surface area (Å²) in [5, 5.41) is 22.4. The lowest BCUT2D eigenvalue weighted by molar-refractivity contribution is -0.173. The molecule has 0 radical (unpaired) electrons. The van der Waals surface area contributed by atoms with Crippen LogP contribution >= 0.6 is 0 Å². The van der Waals surface area contributed by atoms with Crippen molar-refractivity contribution in [2.45, 2.75) is 89.7 Å². The monoisotopic (exact) mass is 543 g/mol. The molecule has 1 aromatic heterocycles. The van der Waals surface area contributed by atoms with Gasteiger partial charge in [0.2, 0.25) is 0 Å². The third-order valence-corrected chi connectivity index (χ3v) is 10.1. The number of aromatic amines is 1. The second-order valence-electron chi connectivity index (χ2n) is 12.2. The van der Waals surface area contributed by atoms with Crippen LogP contribution in [0.1, 0.15) is 57.9 Å². The number of carbonyl (C=O) groups excluding carboxylic acids is 2. The van der Waals surface area contributed by atoms with Crippen LogP contribution in [0.2, 0.25) is 0 Å². The fraction of sp³-hybridized carbons (Fsp3) is 0.667. The van der Waals surface area contributed by atoms with Crippen molar-refractivity contribution in [3.63, 3.8) is 0 Å². The van der Waals surface area contributed by atoms with Crippen LogP contribution in [0.15, 0.2) is 42.1 Å². The number of methoxy groups -OCH3 is 1. The van der Waals surface area contributed by atoms with Crippen LogP contribution in [0.25, 0.3) is 0 Å². The number of hydrogen-bond donors (Lipinski definition) is 3. The summed E-state index contributed by atoms with van der Waals surface area (Å²) in [5.41, 5.74) is 0.471. The standard InChI is InChI=1S/C30H41NO8/c1-14-11-16(3)30-19(13-21(36-7)28(35)37-23(14)18(5)32)12-15(2)29(6)25(30)22(33)17(4)24(26(29)39-30)38-27(34)20-9-8-10-31-20/h8-11,14,17-19,21-26,31-33H,2,12-13H2,1,3-7H3/b16-11+/t14-,17-,18-,19-,21+,22-,23+,24-,25-,26+,29-,30+/m1/s1. The van der Waals surface area contributed by atoms with Crippen LogP contribution in [0.3, 0.4) is 0 Å². The molecule has 0 amide bonds. The summed E-state index contributed by atoms with van der Waals surface area (Å²) in [6, 6.07) is 3.38. The summed E-state index contributed by atoms with van der Waals surface area (Å²) in [5.74, 6) is -2.44. The van der Waals surface area contributed by atoms with E-state index in [1.165, 1.54) is 7.11 Å². The van der Waals surface area contributed by atoms with E-state index in [-0.39, 0.29) is 18.3 Å². The van der Waals surface area contributed by atoms with E-state index in [0.29, 0.717) is 12.1 Å². The predicted octanol–water partition coefficient (Wildman–Crippen LogP) is 3.18. The summed E-state index contributed by atoms with van der Waals surface area (Å²) >= 11 is 0. The highest BCUT2D eigenvalue weighted by Crippen LogP contribution is 2.69. The Morgan fingerprint density at radius 3 is 2.67 bits per heavy atom. The zero-order chi connectivity index (χ0) is 28.4. The number of carbonyl (C=O) groups is 2. The molecule has 214 valence electrons. The van der Waals surface area contributed by atoms with Gasteiger partial charge in [-0.3, -0.25) is 0 Å². The molecule has 2 saturated carbocycles. The molecule has 5 rings (SSSR count). The van der Waals surface area contributed by atoms with Gasteiger partial charge in [0.25, 0.3) is 0 Å². The second-order valence-corrected chi connectivity index (χ2v) is 12.2. The molecule has 3 N–H and O–H groups in total. The van der Waals surface area contributed by atoms with E-state index in [0.717, 1.165) is 11.1 Å². The Morgan fingerprint density at radius 1 is 1.33 bits per heavy atom. The van der Waals surface area contributed by atoms with E-state index < -0.39 is 71.4 Å². The molecular formula is C30H41NO8. The number of nitrogens with one attached hydrogen (secondary N) is 1. The first-order valence-corrected chi connectivity index (χ1v) is 13.9. The Balaban J connectivity index is 1.64. The summed E-state index contributed by atoms with van der Waals surface area (Å²) in [6.07, 6.45) is -0.229. The van der Waals surface area contributed by atoms with Crippen molar-refractivity contribution < 1.29 is 38.7 Å². The molecule has 4 bridgehead atoms. The van der Waals surface area contributed by atoms with Crippen molar-refractivity contribution in [1.29, 1.82) is 0 Å². The van der Waals surface area contributed by atoms with Crippen molar-refractivity contribution >= 4 is 11.9 Å². The maximum atomic E-state index is 13.2. The summed E-state index contributed by atoms with van der Waals surface area (Å²) < 4.78 is 24.5. The highest BCUT2D eigenvalue weighted by molar-refractivity contribution is 5.87. The molecule has 3 fully saturated rings. The molecule has 9 nitrogen and oxygen atoms in total. The first-order valence-electron chi connectivity index (χ1n) is 13.9. The summed E-state index contributed by atoms with van der Waals surface area (Å²) in [4.78, 5) is 29.1. The molecule has 0 unspecified atom stereocenters. The third kappa shape index (κ3) is 4.04. The van der Waals surface area contributed by atoms with E-state index >= 15 is 0 Å². The Labute approximate surface area is 229 Å². The Morgan fingerprint density at radius 2 is 2.05 bits per heavy atom. The van der Waals surface area contributed by atoms with E-state index in [1.807, 2.05) is 26.8 Å². The SMILES string of the molecule is C=C1C[C@@H]2C[C@H](OC)C(=O)O[C@H]([C@@H](C)O)[C@H](C)/C=C(\C)[C@]23O[C@H]2[C@H](OC(=O)c4ccc[nH]4)[C@H](C)[C@@H](O)[C@@H]3[C@@]12C. The molecule has 2 aliphatic carbocycles. The number of cyclic esters (lactones) is 1. The van der Waals surface area contributed by atoms with E-state index in [4.69, 9.17) is 18.9 Å². The van der Waals surface area contributed by atoms with Crippen LogP contribution in [0, 0.1) is 29.1 Å². The van der Waals surface area contributed by atoms with Gasteiger partial charge in [-0.05, 0) is 50.3 Å². The average molecular weight is 544 g/mol. The topological polar surface area (TPSA) is 127 Å². The number of rotatable bonds is 4. The number of aliphatic hydroxyl groups is 2. The molecule has 0 aromatic carbocycles. The molecular weight excluding hydrogens is 502 g/mol. The van der Waals surface area contributed by atoms with Crippen LogP contribution in [-0.2, 0) is 23.7 Å². The average Bonchev–Trinajstić information content (AvgIpc) is 3.47. The third-order valence-electron chi connectivity index (χ3n) is 10.1. The molecule has 1 saturated heterocycles. The number of aliphatic hydroxyl groups excluding tert-OH is 2. The molecule has 12 atom stereocenters. The highest BCUT2D eigenvalue weighted by Gasteiger charge is 2.76. The molecule has 9 heteroatoms. The van der Waals surface area contributed by atoms with Crippen LogP contribution in [-0.4, -0.2) is 76.5 Å². The van der Waals surface area contributed by atoms with Gasteiger partial charge < -0.3 is 34.1 Å². The number of ether oxygens (including phenoxy) is 4. The summed E-state index contributed by atoms with van der Waals surface area (Å²) in [7, 11) is 1.47. The lowest BCUT2D eigenvalue weighted by Gasteiger charge is -2.56. The molecule has 4 aliphatic rings. The Bertz CT molecular complexity index is 1160. The van der Waals surface area contributed by atoms with Crippen molar-refractivity contribution in [2.24, 2.45) is 29.1 Å². The molecule has 1 spiro atoms. The lowest BCUT2D eigenvalue weighted by Crippen LogP contribution is -2.63. The minimum Gasteiger partial charge on any atom is -0.457 e. The molecule has 39 heavy (non-hydrogen) atoms. The number of aromatic nitrogens is 1. The highest BCUT2D eigenvalue weighted by atomic mass is 16.6. The van der Waals surface area contributed by atoms with Gasteiger partial charge >= 0.3 is 11.9 Å². The fourth-order valence-corrected chi connectivity index (χ4v) is 8.01. The number of esters is 2. The molecule has 2 aliphatic heterocycles. The normalized spacial score (nSPS) is 45.9. The second kappa shape index (κ2) is 9.87. The van der Waals surface area contributed by atoms with Gasteiger partial charge in [0, 0.05) is 36.5 Å². The first-order chi connectivity index (χ1) is 18.4. The minimum atomic E-state index is -0.965. The van der Waals surface area contributed by atoms with Crippen LogP contribution < -0.4 is 0 Å². The minimum absolute atomic E-state index is 0.253. The maximum absolute atomic E-state index is 13.2. The predicted molar refractivity (Wildman–Crippen MR) is 142 cm³/mol. The number of hydrogen-bond acceptors (Lipinski definition) is 8. The number of H-pyrrole nitrogens is 1. The van der Waals surface area contributed by atoms with Crippen molar-refractivity contribution in [3.05, 3.63) is 47.8 Å². The smallest absolute Gasteiger partial charge is 0.355 e. The summed E-state index contributed by atoms with van der Waals surface area (Å²) in [6.45, 7) is 13.9. The van der Waals surface area contributed by atoms with E-state index in [1.54, 1.807) is 25.3 Å². The van der Waals surface area contributed by atoms with Crippen molar-refractivity contribution in [1.82, 2.24) is 4.98 Å².